The van der Waals surface area contributed by atoms with E-state index in [0.29, 0.717) is 30.0 Å². The minimum absolute atomic E-state index is 0.185. The van der Waals surface area contributed by atoms with Gasteiger partial charge >= 0.3 is 0 Å². The summed E-state index contributed by atoms with van der Waals surface area (Å²) in [6.07, 6.45) is 1.08. The summed E-state index contributed by atoms with van der Waals surface area (Å²) in [6, 6.07) is 3.60. The molecule has 6 nitrogen and oxygen atoms in total. The van der Waals surface area contributed by atoms with Gasteiger partial charge in [-0.25, -0.2) is 0 Å². The first-order valence-corrected chi connectivity index (χ1v) is 7.52. The minimum atomic E-state index is 0.185. The number of ether oxygens (including phenoxy) is 2. The predicted molar refractivity (Wildman–Crippen MR) is 86.4 cm³/mol. The highest BCUT2D eigenvalue weighted by Gasteiger charge is 2.19. The standard InChI is InChI=1S/C16H25N3O3/c1-18-6-8-19(9-7-18)16(20)5-4-12-10-13(17)15(22-3)11-14(12)21-2/h10-11H,4-9,17H2,1-3H3. The van der Waals surface area contributed by atoms with Crippen LogP contribution in [0.3, 0.4) is 0 Å². The van der Waals surface area contributed by atoms with Gasteiger partial charge in [0.05, 0.1) is 19.9 Å². The van der Waals surface area contributed by atoms with Gasteiger partial charge in [0.2, 0.25) is 5.91 Å². The van der Waals surface area contributed by atoms with Crippen LogP contribution < -0.4 is 15.2 Å². The highest BCUT2D eigenvalue weighted by Crippen LogP contribution is 2.31. The van der Waals surface area contributed by atoms with Gasteiger partial charge in [-0.15, -0.1) is 0 Å². The largest absolute Gasteiger partial charge is 0.496 e. The first-order chi connectivity index (χ1) is 10.5. The van der Waals surface area contributed by atoms with Gasteiger partial charge < -0.3 is 25.0 Å². The molecular weight excluding hydrogens is 282 g/mol. The Bertz CT molecular complexity index is 526. The lowest BCUT2D eigenvalue weighted by Gasteiger charge is -2.32. The molecule has 0 atom stereocenters. The highest BCUT2D eigenvalue weighted by atomic mass is 16.5. The quantitative estimate of drug-likeness (QED) is 0.822. The van der Waals surface area contributed by atoms with Crippen LogP contribution in [0.4, 0.5) is 5.69 Å². The Hall–Kier alpha value is -1.95. The molecular formula is C16H25N3O3. The number of methoxy groups -OCH3 is 2. The van der Waals surface area contributed by atoms with Gasteiger partial charge in [-0.2, -0.15) is 0 Å². The molecule has 122 valence electrons. The minimum Gasteiger partial charge on any atom is -0.496 e. The number of nitrogens with zero attached hydrogens (tertiary/aromatic N) is 2. The number of piperazine rings is 1. The summed E-state index contributed by atoms with van der Waals surface area (Å²) < 4.78 is 10.6. The maximum Gasteiger partial charge on any atom is 0.222 e. The van der Waals surface area contributed by atoms with E-state index in [1.54, 1.807) is 20.3 Å². The van der Waals surface area contributed by atoms with Crippen LogP contribution in [0.2, 0.25) is 0 Å². The first kappa shape index (κ1) is 16.4. The fourth-order valence-electron chi connectivity index (χ4n) is 2.64. The number of carbonyl (C=O) groups is 1. The van der Waals surface area contributed by atoms with Crippen LogP contribution in [-0.2, 0) is 11.2 Å². The lowest BCUT2D eigenvalue weighted by Crippen LogP contribution is -2.47. The molecule has 2 rings (SSSR count). The highest BCUT2D eigenvalue weighted by molar-refractivity contribution is 5.77. The smallest absolute Gasteiger partial charge is 0.222 e. The van der Waals surface area contributed by atoms with Crippen molar-refractivity contribution in [3.05, 3.63) is 17.7 Å². The number of hydrogen-bond donors (Lipinski definition) is 1. The molecule has 1 aliphatic rings. The van der Waals surface area contributed by atoms with Gasteiger partial charge in [-0.05, 0) is 25.1 Å². The third-order valence-electron chi connectivity index (χ3n) is 4.10. The first-order valence-electron chi connectivity index (χ1n) is 7.52. The number of nitrogens with two attached hydrogens (primary N) is 1. The lowest BCUT2D eigenvalue weighted by molar-refractivity contribution is -0.132. The molecule has 0 unspecified atom stereocenters. The third-order valence-corrected chi connectivity index (χ3v) is 4.10. The molecule has 0 aliphatic carbocycles. The predicted octanol–water partition coefficient (Wildman–Crippen LogP) is 0.993. The zero-order valence-corrected chi connectivity index (χ0v) is 13.6. The fraction of sp³-hybridized carbons (Fsp3) is 0.562. The Kier molecular flexibility index (Phi) is 5.49. The van der Waals surface area contributed by atoms with Crippen molar-refractivity contribution in [1.82, 2.24) is 9.80 Å². The second-order valence-corrected chi connectivity index (χ2v) is 5.59. The van der Waals surface area contributed by atoms with Crippen LogP contribution in [0.1, 0.15) is 12.0 Å². The second-order valence-electron chi connectivity index (χ2n) is 5.59. The summed E-state index contributed by atoms with van der Waals surface area (Å²) in [5.41, 5.74) is 7.43. The molecule has 1 saturated heterocycles. The normalized spacial score (nSPS) is 15.7. The molecule has 0 spiro atoms. The molecule has 0 saturated carbocycles. The van der Waals surface area contributed by atoms with E-state index in [1.807, 2.05) is 11.0 Å². The Balaban J connectivity index is 1.99. The molecule has 0 aromatic heterocycles. The maximum atomic E-state index is 12.3. The van der Waals surface area contributed by atoms with Gasteiger partial charge in [0.15, 0.2) is 0 Å². The summed E-state index contributed by atoms with van der Waals surface area (Å²) in [5.74, 6) is 1.48. The van der Waals surface area contributed by atoms with Gasteiger partial charge in [0.1, 0.15) is 11.5 Å². The number of benzene rings is 1. The van der Waals surface area contributed by atoms with E-state index < -0.39 is 0 Å². The number of anilines is 1. The fourth-order valence-corrected chi connectivity index (χ4v) is 2.64. The van der Waals surface area contributed by atoms with Crippen molar-refractivity contribution in [2.45, 2.75) is 12.8 Å². The Morgan fingerprint density at radius 3 is 2.36 bits per heavy atom. The Morgan fingerprint density at radius 1 is 1.14 bits per heavy atom. The van der Waals surface area contributed by atoms with E-state index in [4.69, 9.17) is 15.2 Å². The van der Waals surface area contributed by atoms with Gasteiger partial charge in [0, 0.05) is 38.7 Å². The zero-order valence-electron chi connectivity index (χ0n) is 13.6. The average molecular weight is 307 g/mol. The maximum absolute atomic E-state index is 12.3. The van der Waals surface area contributed by atoms with E-state index in [2.05, 4.69) is 11.9 Å². The number of carbonyl (C=O) groups excluding carboxylic acids is 1. The van der Waals surface area contributed by atoms with Crippen LogP contribution in [0.5, 0.6) is 11.5 Å². The molecule has 1 aromatic rings. The molecule has 0 bridgehead atoms. The summed E-state index contributed by atoms with van der Waals surface area (Å²) in [5, 5.41) is 0. The van der Waals surface area contributed by atoms with Crippen LogP contribution in [0.15, 0.2) is 12.1 Å². The molecule has 1 heterocycles. The molecule has 1 fully saturated rings. The van der Waals surface area contributed by atoms with Crippen molar-refractivity contribution in [2.75, 3.05) is 53.2 Å². The van der Waals surface area contributed by atoms with Crippen LogP contribution >= 0.6 is 0 Å². The second kappa shape index (κ2) is 7.35. The zero-order chi connectivity index (χ0) is 16.1. The average Bonchev–Trinajstić information content (AvgIpc) is 2.53. The summed E-state index contributed by atoms with van der Waals surface area (Å²) in [4.78, 5) is 16.5. The van der Waals surface area contributed by atoms with E-state index >= 15 is 0 Å². The van der Waals surface area contributed by atoms with Crippen molar-refractivity contribution in [1.29, 1.82) is 0 Å². The van der Waals surface area contributed by atoms with Crippen molar-refractivity contribution in [3.8, 4) is 11.5 Å². The van der Waals surface area contributed by atoms with Gasteiger partial charge in [0.25, 0.3) is 0 Å². The van der Waals surface area contributed by atoms with Crippen molar-refractivity contribution in [3.63, 3.8) is 0 Å². The monoisotopic (exact) mass is 307 g/mol. The van der Waals surface area contributed by atoms with Crippen LogP contribution in [-0.4, -0.2) is 63.2 Å². The van der Waals surface area contributed by atoms with Crippen molar-refractivity contribution >= 4 is 11.6 Å². The Morgan fingerprint density at radius 2 is 1.77 bits per heavy atom. The topological polar surface area (TPSA) is 68.0 Å². The number of hydrogen-bond acceptors (Lipinski definition) is 5. The van der Waals surface area contributed by atoms with E-state index in [-0.39, 0.29) is 5.91 Å². The Labute approximate surface area is 131 Å². The lowest BCUT2D eigenvalue weighted by atomic mass is 10.1. The molecule has 2 N–H and O–H groups in total. The number of aryl methyl sites for hydroxylation is 1. The van der Waals surface area contributed by atoms with Gasteiger partial charge in [-0.3, -0.25) is 4.79 Å². The third kappa shape index (κ3) is 3.82. The van der Waals surface area contributed by atoms with Crippen molar-refractivity contribution in [2.24, 2.45) is 0 Å². The molecule has 6 heteroatoms. The van der Waals surface area contributed by atoms with E-state index in [9.17, 15) is 4.79 Å². The van der Waals surface area contributed by atoms with Crippen LogP contribution in [0.25, 0.3) is 0 Å². The molecule has 0 radical (unpaired) electrons. The van der Waals surface area contributed by atoms with E-state index in [0.717, 1.165) is 31.7 Å². The van der Waals surface area contributed by atoms with E-state index in [1.165, 1.54) is 0 Å². The SMILES string of the molecule is COc1cc(OC)c(CCC(=O)N2CCN(C)CC2)cc1N. The molecule has 22 heavy (non-hydrogen) atoms. The summed E-state index contributed by atoms with van der Waals surface area (Å²) in [6.45, 7) is 3.48. The molecule has 1 aliphatic heterocycles. The van der Waals surface area contributed by atoms with Crippen LogP contribution in [0, 0.1) is 0 Å². The summed E-state index contributed by atoms with van der Waals surface area (Å²) in [7, 11) is 5.26. The number of rotatable bonds is 5. The summed E-state index contributed by atoms with van der Waals surface area (Å²) >= 11 is 0. The van der Waals surface area contributed by atoms with Gasteiger partial charge in [-0.1, -0.05) is 0 Å². The molecule has 1 amide bonds. The molecule has 1 aromatic carbocycles. The number of amides is 1. The number of nitrogen functional groups attached to an aromatic ring is 1. The number of likely N-dealkylation sites (N-methyl/N-ethyl adjacent to an activating group) is 1. The van der Waals surface area contributed by atoms with Crippen molar-refractivity contribution < 1.29 is 14.3 Å².